The van der Waals surface area contributed by atoms with E-state index in [9.17, 15) is 8.78 Å². The maximum absolute atomic E-state index is 13.1. The maximum Gasteiger partial charge on any atom is 0.159 e. The van der Waals surface area contributed by atoms with E-state index < -0.39 is 11.6 Å². The smallest absolute Gasteiger partial charge is 0.159 e. The molecule has 1 aliphatic carbocycles. The first-order valence-corrected chi connectivity index (χ1v) is 7.58. The zero-order valence-corrected chi connectivity index (χ0v) is 11.7. The summed E-state index contributed by atoms with van der Waals surface area (Å²) in [5.41, 5.74) is 0. The van der Waals surface area contributed by atoms with Crippen LogP contribution in [0.3, 0.4) is 0 Å². The third-order valence-electron chi connectivity index (χ3n) is 3.13. The van der Waals surface area contributed by atoms with Crippen molar-refractivity contribution in [1.82, 2.24) is 5.32 Å². The van der Waals surface area contributed by atoms with Gasteiger partial charge in [0.2, 0.25) is 0 Å². The lowest BCUT2D eigenvalue weighted by Crippen LogP contribution is -2.14. The Hall–Kier alpha value is -1.33. The highest BCUT2D eigenvalue weighted by molar-refractivity contribution is 7.98. The van der Waals surface area contributed by atoms with Crippen molar-refractivity contribution in [3.63, 3.8) is 0 Å². The Kier molecular flexibility index (Phi) is 4.08. The van der Waals surface area contributed by atoms with E-state index >= 15 is 0 Å². The van der Waals surface area contributed by atoms with Crippen molar-refractivity contribution in [2.45, 2.75) is 36.1 Å². The highest BCUT2D eigenvalue weighted by atomic mass is 32.2. The molecular formula is C15H15F2NOS. The van der Waals surface area contributed by atoms with Gasteiger partial charge < -0.3 is 9.73 Å². The van der Waals surface area contributed by atoms with Crippen LogP contribution in [-0.4, -0.2) is 6.04 Å². The van der Waals surface area contributed by atoms with Crippen molar-refractivity contribution in [1.29, 1.82) is 0 Å². The Balaban J connectivity index is 1.53. The van der Waals surface area contributed by atoms with Gasteiger partial charge in [-0.05, 0) is 43.2 Å². The van der Waals surface area contributed by atoms with Crippen LogP contribution in [-0.2, 0) is 12.3 Å². The summed E-state index contributed by atoms with van der Waals surface area (Å²) in [7, 11) is 0. The van der Waals surface area contributed by atoms with Crippen LogP contribution < -0.4 is 5.32 Å². The fraction of sp³-hybridized carbons (Fsp3) is 0.333. The summed E-state index contributed by atoms with van der Waals surface area (Å²) in [6, 6.07) is 8.46. The molecule has 0 aliphatic heterocycles. The molecule has 1 fully saturated rings. The lowest BCUT2D eigenvalue weighted by Gasteiger charge is -2.01. The van der Waals surface area contributed by atoms with E-state index in [-0.39, 0.29) is 0 Å². The number of thioether (sulfide) groups is 1. The Morgan fingerprint density at radius 2 is 1.90 bits per heavy atom. The van der Waals surface area contributed by atoms with Gasteiger partial charge in [0.25, 0.3) is 0 Å². The third kappa shape index (κ3) is 3.61. The van der Waals surface area contributed by atoms with Gasteiger partial charge in [0.1, 0.15) is 11.5 Å². The van der Waals surface area contributed by atoms with Gasteiger partial charge in [-0.25, -0.2) is 8.78 Å². The van der Waals surface area contributed by atoms with Gasteiger partial charge in [-0.15, -0.1) is 11.8 Å². The van der Waals surface area contributed by atoms with Gasteiger partial charge in [-0.1, -0.05) is 0 Å². The molecule has 0 saturated heterocycles. The van der Waals surface area contributed by atoms with Gasteiger partial charge in [0, 0.05) is 10.9 Å². The molecule has 0 spiro atoms. The summed E-state index contributed by atoms with van der Waals surface area (Å²) < 4.78 is 31.6. The Bertz CT molecular complexity index is 595. The molecule has 0 unspecified atom stereocenters. The van der Waals surface area contributed by atoms with Crippen LogP contribution in [0.15, 0.2) is 39.6 Å². The second-order valence-corrected chi connectivity index (χ2v) is 5.94. The Morgan fingerprint density at radius 3 is 2.65 bits per heavy atom. The Labute approximate surface area is 120 Å². The molecule has 0 bridgehead atoms. The van der Waals surface area contributed by atoms with Gasteiger partial charge in [0.15, 0.2) is 11.6 Å². The number of hydrogen-bond acceptors (Lipinski definition) is 3. The van der Waals surface area contributed by atoms with Crippen molar-refractivity contribution >= 4 is 11.8 Å². The minimum atomic E-state index is -0.819. The van der Waals surface area contributed by atoms with Gasteiger partial charge in [-0.3, -0.25) is 0 Å². The number of halogens is 2. The van der Waals surface area contributed by atoms with Crippen molar-refractivity contribution < 1.29 is 13.2 Å². The summed E-state index contributed by atoms with van der Waals surface area (Å²) in [6.07, 6.45) is 2.50. The molecule has 20 heavy (non-hydrogen) atoms. The summed E-state index contributed by atoms with van der Waals surface area (Å²) in [4.78, 5) is 0.693. The molecule has 1 heterocycles. The summed E-state index contributed by atoms with van der Waals surface area (Å²) in [5, 5.41) is 3.38. The molecule has 1 saturated carbocycles. The molecule has 1 aromatic carbocycles. The molecule has 0 atom stereocenters. The molecule has 5 heteroatoms. The van der Waals surface area contributed by atoms with Crippen molar-refractivity contribution in [2.75, 3.05) is 0 Å². The van der Waals surface area contributed by atoms with Crippen molar-refractivity contribution in [3.05, 3.63) is 53.5 Å². The number of benzene rings is 1. The first-order valence-electron chi connectivity index (χ1n) is 6.59. The minimum Gasteiger partial charge on any atom is -0.464 e. The highest BCUT2D eigenvalue weighted by Gasteiger charge is 2.20. The van der Waals surface area contributed by atoms with Crippen molar-refractivity contribution in [3.8, 4) is 0 Å². The maximum atomic E-state index is 13.1. The van der Waals surface area contributed by atoms with E-state index in [4.69, 9.17) is 4.42 Å². The number of nitrogens with one attached hydrogen (secondary N) is 1. The predicted octanol–water partition coefficient (Wildman–Crippen LogP) is 4.10. The minimum absolute atomic E-state index is 0.606. The van der Waals surface area contributed by atoms with Crippen LogP contribution >= 0.6 is 11.8 Å². The quantitative estimate of drug-likeness (QED) is 0.812. The molecule has 106 valence electrons. The molecule has 0 amide bonds. The zero-order valence-electron chi connectivity index (χ0n) is 10.9. The fourth-order valence-corrected chi connectivity index (χ4v) is 2.66. The van der Waals surface area contributed by atoms with Crippen LogP contribution in [0.25, 0.3) is 0 Å². The standard InChI is InChI=1S/C15H15F2NOS/c16-14-6-5-13(7-15(14)17)20-9-12-4-3-11(19-12)8-18-10-1-2-10/h3-7,10,18H,1-2,8-9H2. The van der Waals surface area contributed by atoms with E-state index in [2.05, 4.69) is 5.32 Å². The fourth-order valence-electron chi connectivity index (χ4n) is 1.85. The largest absolute Gasteiger partial charge is 0.464 e. The monoisotopic (exact) mass is 295 g/mol. The molecule has 2 nitrogen and oxygen atoms in total. The zero-order chi connectivity index (χ0) is 13.9. The second kappa shape index (κ2) is 5.97. The summed E-state index contributed by atoms with van der Waals surface area (Å²) in [6.45, 7) is 0.751. The first kappa shape index (κ1) is 13.6. The summed E-state index contributed by atoms with van der Waals surface area (Å²) >= 11 is 1.43. The Morgan fingerprint density at radius 1 is 1.10 bits per heavy atom. The van der Waals surface area contributed by atoms with Gasteiger partial charge in [0.05, 0.1) is 12.3 Å². The number of furan rings is 1. The van der Waals surface area contributed by atoms with E-state index in [0.29, 0.717) is 16.7 Å². The van der Waals surface area contributed by atoms with Crippen LogP contribution in [0.4, 0.5) is 8.78 Å². The molecule has 1 aromatic heterocycles. The normalized spacial score (nSPS) is 14.7. The average Bonchev–Trinajstić information content (AvgIpc) is 3.16. The predicted molar refractivity (Wildman–Crippen MR) is 74.5 cm³/mol. The van der Waals surface area contributed by atoms with Crippen LogP contribution in [0.1, 0.15) is 24.4 Å². The molecule has 2 aromatic rings. The van der Waals surface area contributed by atoms with E-state index in [1.165, 1.54) is 30.7 Å². The molecular weight excluding hydrogens is 280 g/mol. The number of hydrogen-bond donors (Lipinski definition) is 1. The van der Waals surface area contributed by atoms with Crippen LogP contribution in [0.5, 0.6) is 0 Å². The number of rotatable bonds is 6. The average molecular weight is 295 g/mol. The molecule has 1 aliphatic rings. The van der Waals surface area contributed by atoms with Crippen LogP contribution in [0, 0.1) is 11.6 Å². The lowest BCUT2D eigenvalue weighted by molar-refractivity contribution is 0.458. The van der Waals surface area contributed by atoms with Gasteiger partial charge in [-0.2, -0.15) is 0 Å². The topological polar surface area (TPSA) is 25.2 Å². The van der Waals surface area contributed by atoms with Crippen LogP contribution in [0.2, 0.25) is 0 Å². The van der Waals surface area contributed by atoms with E-state index in [1.807, 2.05) is 12.1 Å². The van der Waals surface area contributed by atoms with E-state index in [1.54, 1.807) is 6.07 Å². The SMILES string of the molecule is Fc1ccc(SCc2ccc(CNC3CC3)o2)cc1F. The molecule has 1 N–H and O–H groups in total. The lowest BCUT2D eigenvalue weighted by atomic mass is 10.3. The second-order valence-electron chi connectivity index (χ2n) is 4.89. The molecule has 0 radical (unpaired) electrons. The van der Waals surface area contributed by atoms with Gasteiger partial charge >= 0.3 is 0 Å². The first-order chi connectivity index (χ1) is 9.70. The van der Waals surface area contributed by atoms with Crippen molar-refractivity contribution in [2.24, 2.45) is 0 Å². The third-order valence-corrected chi connectivity index (χ3v) is 4.15. The highest BCUT2D eigenvalue weighted by Crippen LogP contribution is 2.25. The van der Waals surface area contributed by atoms with E-state index in [0.717, 1.165) is 24.1 Å². The summed E-state index contributed by atoms with van der Waals surface area (Å²) in [5.74, 6) is 0.726. The molecule has 3 rings (SSSR count).